The van der Waals surface area contributed by atoms with Gasteiger partial charge in [-0.2, -0.15) is 0 Å². The van der Waals surface area contributed by atoms with Crippen molar-refractivity contribution in [1.82, 2.24) is 5.32 Å². The van der Waals surface area contributed by atoms with Crippen molar-refractivity contribution in [3.63, 3.8) is 0 Å². The predicted octanol–water partition coefficient (Wildman–Crippen LogP) is 16.1. The molecule has 0 spiro atoms. The van der Waals surface area contributed by atoms with Gasteiger partial charge in [-0.25, -0.2) is 0 Å². The van der Waals surface area contributed by atoms with Crippen LogP contribution >= 0.6 is 0 Å². The summed E-state index contributed by atoms with van der Waals surface area (Å²) in [6.45, 7) is 4.13. The minimum absolute atomic E-state index is 0.0673. The zero-order chi connectivity index (χ0) is 41.4. The lowest BCUT2D eigenvalue weighted by Gasteiger charge is -2.20. The van der Waals surface area contributed by atoms with Crippen LogP contribution in [0.25, 0.3) is 0 Å². The average molecular weight is 796 g/mol. The van der Waals surface area contributed by atoms with E-state index in [-0.39, 0.29) is 12.5 Å². The molecule has 2 atom stereocenters. The lowest BCUT2D eigenvalue weighted by Crippen LogP contribution is -2.45. The first-order chi connectivity index (χ1) is 28.2. The highest BCUT2D eigenvalue weighted by Crippen LogP contribution is 2.17. The quantitative estimate of drug-likeness (QED) is 0.0425. The second kappa shape index (κ2) is 48.5. The molecule has 0 rings (SSSR count). The van der Waals surface area contributed by atoms with Gasteiger partial charge < -0.3 is 15.5 Å². The molecule has 0 saturated carbocycles. The molecule has 4 nitrogen and oxygen atoms in total. The van der Waals surface area contributed by atoms with Crippen LogP contribution < -0.4 is 5.32 Å². The molecule has 3 N–H and O–H groups in total. The van der Waals surface area contributed by atoms with Gasteiger partial charge in [0.05, 0.1) is 18.8 Å². The molecule has 1 amide bonds. The van der Waals surface area contributed by atoms with Crippen LogP contribution in [0, 0.1) is 0 Å². The standard InChI is InChI=1S/C53H97NO3/c1-3-5-7-9-11-12-13-14-15-16-17-18-19-20-21-22-23-24-25-26-27-28-29-30-31-32-33-34-35-36-37-38-39-40-41-42-43-45-47-49-53(57)54-51(50-55)52(56)48-46-44-10-8-6-4-2/h5,7,11-12,14-15,17-18,46,48,51-52,55-56H,3-4,6,8-10,13,16,19-45,47,49-50H2,1-2H3,(H,54,57)/b7-5-,12-11-,15-14-,18-17-,48-46+. The monoisotopic (exact) mass is 796 g/mol. The summed E-state index contributed by atoms with van der Waals surface area (Å²) >= 11 is 0. The summed E-state index contributed by atoms with van der Waals surface area (Å²) in [6, 6.07) is -0.617. The molecule has 2 unspecified atom stereocenters. The normalized spacial score (nSPS) is 13.4. The van der Waals surface area contributed by atoms with Crippen LogP contribution in [0.2, 0.25) is 0 Å². The van der Waals surface area contributed by atoms with Gasteiger partial charge in [0.15, 0.2) is 0 Å². The van der Waals surface area contributed by atoms with Crippen LogP contribution in [0.3, 0.4) is 0 Å². The number of aliphatic hydroxyl groups is 2. The number of carbonyl (C=O) groups is 1. The number of hydrogen-bond acceptors (Lipinski definition) is 3. The number of unbranched alkanes of at least 4 members (excludes halogenated alkanes) is 30. The van der Waals surface area contributed by atoms with Crippen molar-refractivity contribution >= 4 is 5.91 Å². The Bertz CT molecular complexity index is 950. The van der Waals surface area contributed by atoms with Gasteiger partial charge in [0.2, 0.25) is 5.91 Å². The zero-order valence-electron chi connectivity index (χ0n) is 38.1. The third kappa shape index (κ3) is 45.0. The van der Waals surface area contributed by atoms with Crippen molar-refractivity contribution in [2.75, 3.05) is 6.61 Å². The van der Waals surface area contributed by atoms with Gasteiger partial charge in [-0.3, -0.25) is 4.79 Å². The third-order valence-corrected chi connectivity index (χ3v) is 11.3. The lowest BCUT2D eigenvalue weighted by atomic mass is 10.0. The zero-order valence-corrected chi connectivity index (χ0v) is 38.1. The Morgan fingerprint density at radius 3 is 1.16 bits per heavy atom. The molecule has 57 heavy (non-hydrogen) atoms. The van der Waals surface area contributed by atoms with Crippen LogP contribution in [0.4, 0.5) is 0 Å². The maximum atomic E-state index is 12.3. The molecule has 0 bridgehead atoms. The maximum absolute atomic E-state index is 12.3. The second-order valence-corrected chi connectivity index (χ2v) is 16.9. The van der Waals surface area contributed by atoms with Crippen LogP contribution in [0.1, 0.15) is 251 Å². The Kier molecular flexibility index (Phi) is 46.8. The van der Waals surface area contributed by atoms with Crippen molar-refractivity contribution in [2.45, 2.75) is 264 Å². The van der Waals surface area contributed by atoms with Gasteiger partial charge in [-0.1, -0.05) is 248 Å². The van der Waals surface area contributed by atoms with Gasteiger partial charge in [-0.05, 0) is 57.8 Å². The van der Waals surface area contributed by atoms with E-state index in [2.05, 4.69) is 67.8 Å². The summed E-state index contributed by atoms with van der Waals surface area (Å²) in [5.74, 6) is -0.0673. The molecule has 0 fully saturated rings. The van der Waals surface area contributed by atoms with E-state index in [1.807, 2.05) is 6.08 Å². The van der Waals surface area contributed by atoms with Crippen molar-refractivity contribution < 1.29 is 15.0 Å². The Hall–Kier alpha value is -1.91. The number of allylic oxidation sites excluding steroid dienone is 9. The van der Waals surface area contributed by atoms with Gasteiger partial charge >= 0.3 is 0 Å². The summed E-state index contributed by atoms with van der Waals surface area (Å²) in [5, 5.41) is 22.7. The van der Waals surface area contributed by atoms with Crippen molar-refractivity contribution in [2.24, 2.45) is 0 Å². The van der Waals surface area contributed by atoms with E-state index in [0.29, 0.717) is 6.42 Å². The van der Waals surface area contributed by atoms with Gasteiger partial charge in [0.25, 0.3) is 0 Å². The Morgan fingerprint density at radius 1 is 0.439 bits per heavy atom. The van der Waals surface area contributed by atoms with Crippen molar-refractivity contribution in [1.29, 1.82) is 0 Å². The Balaban J connectivity index is 3.33. The molecule has 0 aliphatic rings. The summed E-state index contributed by atoms with van der Waals surface area (Å²) in [6.07, 6.45) is 68.4. The van der Waals surface area contributed by atoms with E-state index >= 15 is 0 Å². The minimum atomic E-state index is -0.834. The van der Waals surface area contributed by atoms with Gasteiger partial charge in [0, 0.05) is 6.42 Å². The number of aliphatic hydroxyl groups excluding tert-OH is 2. The van der Waals surface area contributed by atoms with Crippen molar-refractivity contribution in [3.05, 3.63) is 60.8 Å². The Morgan fingerprint density at radius 2 is 0.772 bits per heavy atom. The first kappa shape index (κ1) is 55.1. The minimum Gasteiger partial charge on any atom is -0.394 e. The SMILES string of the molecule is CC/C=C\C/C=C\C/C=C\C/C=C\CCCCCCCCCCCCCCCCCCCCCCCCCCCCC(=O)NC(CO)C(O)/C=C/CCCCCC. The average Bonchev–Trinajstić information content (AvgIpc) is 3.22. The van der Waals surface area contributed by atoms with E-state index in [1.54, 1.807) is 6.08 Å². The summed E-state index contributed by atoms with van der Waals surface area (Å²) < 4.78 is 0. The third-order valence-electron chi connectivity index (χ3n) is 11.3. The molecule has 0 aliphatic heterocycles. The van der Waals surface area contributed by atoms with Gasteiger partial charge in [-0.15, -0.1) is 0 Å². The molecule has 0 aromatic heterocycles. The number of carbonyl (C=O) groups excluding carboxylic acids is 1. The molecule has 0 saturated heterocycles. The van der Waals surface area contributed by atoms with Crippen LogP contribution in [-0.4, -0.2) is 34.9 Å². The van der Waals surface area contributed by atoms with Crippen LogP contribution in [-0.2, 0) is 4.79 Å². The van der Waals surface area contributed by atoms with Crippen LogP contribution in [0.15, 0.2) is 60.8 Å². The van der Waals surface area contributed by atoms with Crippen molar-refractivity contribution in [3.8, 4) is 0 Å². The highest BCUT2D eigenvalue weighted by Gasteiger charge is 2.17. The lowest BCUT2D eigenvalue weighted by molar-refractivity contribution is -0.123. The smallest absolute Gasteiger partial charge is 0.220 e. The molecule has 0 heterocycles. The number of nitrogens with one attached hydrogen (secondary N) is 1. The maximum Gasteiger partial charge on any atom is 0.220 e. The molecule has 0 aromatic carbocycles. The highest BCUT2D eigenvalue weighted by atomic mass is 16.3. The molecule has 4 heteroatoms. The summed E-state index contributed by atoms with van der Waals surface area (Å²) in [5.41, 5.74) is 0. The molecule has 332 valence electrons. The summed E-state index contributed by atoms with van der Waals surface area (Å²) in [4.78, 5) is 12.3. The van der Waals surface area contributed by atoms with E-state index in [9.17, 15) is 15.0 Å². The van der Waals surface area contributed by atoms with E-state index in [0.717, 1.165) is 51.4 Å². The fraction of sp³-hybridized carbons (Fsp3) is 0.792. The fourth-order valence-corrected chi connectivity index (χ4v) is 7.46. The number of amides is 1. The number of hydrogen-bond donors (Lipinski definition) is 3. The van der Waals surface area contributed by atoms with Crippen LogP contribution in [0.5, 0.6) is 0 Å². The second-order valence-electron chi connectivity index (χ2n) is 16.9. The number of rotatable bonds is 45. The largest absolute Gasteiger partial charge is 0.394 e. The topological polar surface area (TPSA) is 69.6 Å². The molecular weight excluding hydrogens is 699 g/mol. The summed E-state index contributed by atoms with van der Waals surface area (Å²) in [7, 11) is 0. The highest BCUT2D eigenvalue weighted by molar-refractivity contribution is 5.76. The molecule has 0 radical (unpaired) electrons. The first-order valence-corrected chi connectivity index (χ1v) is 25.0. The van der Waals surface area contributed by atoms with E-state index in [4.69, 9.17) is 0 Å². The first-order valence-electron chi connectivity index (χ1n) is 25.0. The molecular formula is C53H97NO3. The fourth-order valence-electron chi connectivity index (χ4n) is 7.46. The van der Waals surface area contributed by atoms with Gasteiger partial charge in [0.1, 0.15) is 0 Å². The molecule has 0 aromatic rings. The van der Waals surface area contributed by atoms with E-state index in [1.165, 1.54) is 180 Å². The van der Waals surface area contributed by atoms with E-state index < -0.39 is 12.1 Å². The molecule has 0 aliphatic carbocycles. The Labute approximate surface area is 356 Å². The predicted molar refractivity (Wildman–Crippen MR) is 253 cm³/mol.